The second-order valence-electron chi connectivity index (χ2n) is 5.63. The predicted octanol–water partition coefficient (Wildman–Crippen LogP) is 1.31. The van der Waals surface area contributed by atoms with Crippen molar-refractivity contribution in [2.45, 2.75) is 52.1 Å². The molecule has 17 heavy (non-hydrogen) atoms. The quantitative estimate of drug-likeness (QED) is 0.764. The van der Waals surface area contributed by atoms with Crippen molar-refractivity contribution in [3.8, 4) is 0 Å². The van der Waals surface area contributed by atoms with E-state index in [1.165, 1.54) is 0 Å². The first-order valence-corrected chi connectivity index (χ1v) is 6.55. The van der Waals surface area contributed by atoms with Crippen LogP contribution in [0.15, 0.2) is 0 Å². The molecule has 1 amide bonds. The third-order valence-electron chi connectivity index (χ3n) is 3.66. The van der Waals surface area contributed by atoms with E-state index in [9.17, 15) is 4.79 Å². The largest absolute Gasteiger partial charge is 0.381 e. The molecule has 1 aliphatic rings. The predicted molar refractivity (Wildman–Crippen MR) is 68.9 cm³/mol. The summed E-state index contributed by atoms with van der Waals surface area (Å²) >= 11 is 0. The summed E-state index contributed by atoms with van der Waals surface area (Å²) in [6.07, 6.45) is 1.94. The third-order valence-corrected chi connectivity index (χ3v) is 3.66. The summed E-state index contributed by atoms with van der Waals surface area (Å²) < 4.78 is 5.33. The van der Waals surface area contributed by atoms with Crippen molar-refractivity contribution in [3.63, 3.8) is 0 Å². The van der Waals surface area contributed by atoms with Crippen LogP contribution in [-0.2, 0) is 9.53 Å². The average Bonchev–Trinajstić information content (AvgIpc) is 2.27. The van der Waals surface area contributed by atoms with Crippen molar-refractivity contribution in [1.29, 1.82) is 0 Å². The molecular weight excluding hydrogens is 216 g/mol. The number of carbonyl (C=O) groups excluding carboxylic acids is 1. The molecule has 1 unspecified atom stereocenters. The molecule has 0 aromatic rings. The second kappa shape index (κ2) is 6.36. The minimum atomic E-state index is 0.0522. The normalized spacial score (nSPS) is 21.2. The molecule has 1 rings (SSSR count). The number of nitrogens with one attached hydrogen (secondary N) is 2. The van der Waals surface area contributed by atoms with Crippen LogP contribution in [0.1, 0.15) is 40.5 Å². The highest BCUT2D eigenvalue weighted by molar-refractivity contribution is 5.78. The SMILES string of the molecule is CC(C)C(C)NC(=O)CNC1(C)CCOCC1. The molecule has 1 atom stereocenters. The van der Waals surface area contributed by atoms with Crippen molar-refractivity contribution in [2.75, 3.05) is 19.8 Å². The Bertz CT molecular complexity index is 248. The fourth-order valence-corrected chi connectivity index (χ4v) is 1.76. The van der Waals surface area contributed by atoms with Crippen LogP contribution in [0.25, 0.3) is 0 Å². The Balaban J connectivity index is 2.27. The van der Waals surface area contributed by atoms with Crippen LogP contribution in [0.5, 0.6) is 0 Å². The summed E-state index contributed by atoms with van der Waals surface area (Å²) in [5, 5.41) is 6.35. The number of ether oxygens (including phenoxy) is 1. The van der Waals surface area contributed by atoms with Crippen LogP contribution in [0.2, 0.25) is 0 Å². The van der Waals surface area contributed by atoms with Gasteiger partial charge in [-0.3, -0.25) is 4.79 Å². The van der Waals surface area contributed by atoms with Gasteiger partial charge in [-0.15, -0.1) is 0 Å². The molecule has 4 nitrogen and oxygen atoms in total. The molecule has 4 heteroatoms. The zero-order valence-electron chi connectivity index (χ0n) is 11.5. The van der Waals surface area contributed by atoms with Crippen LogP contribution < -0.4 is 10.6 Å². The molecule has 1 aliphatic heterocycles. The highest BCUT2D eigenvalue weighted by Gasteiger charge is 2.27. The van der Waals surface area contributed by atoms with E-state index in [4.69, 9.17) is 4.74 Å². The molecule has 0 bridgehead atoms. The molecule has 100 valence electrons. The lowest BCUT2D eigenvalue weighted by atomic mass is 9.92. The zero-order valence-corrected chi connectivity index (χ0v) is 11.5. The van der Waals surface area contributed by atoms with Crippen LogP contribution in [0.3, 0.4) is 0 Å². The lowest BCUT2D eigenvalue weighted by molar-refractivity contribution is -0.121. The van der Waals surface area contributed by atoms with E-state index in [-0.39, 0.29) is 17.5 Å². The van der Waals surface area contributed by atoms with Crippen molar-refractivity contribution >= 4 is 5.91 Å². The zero-order chi connectivity index (χ0) is 12.9. The van der Waals surface area contributed by atoms with E-state index < -0.39 is 0 Å². The van der Waals surface area contributed by atoms with Gasteiger partial charge in [-0.25, -0.2) is 0 Å². The van der Waals surface area contributed by atoms with Crippen LogP contribution in [0, 0.1) is 5.92 Å². The Morgan fingerprint density at radius 3 is 2.41 bits per heavy atom. The molecule has 0 aromatic heterocycles. The van der Waals surface area contributed by atoms with Crippen LogP contribution in [0.4, 0.5) is 0 Å². The van der Waals surface area contributed by atoms with Gasteiger partial charge in [-0.1, -0.05) is 13.8 Å². The molecule has 0 aliphatic carbocycles. The lowest BCUT2D eigenvalue weighted by Crippen LogP contribution is -2.51. The standard InChI is InChI=1S/C13H26N2O2/c1-10(2)11(3)15-12(16)9-14-13(4)5-7-17-8-6-13/h10-11,14H,5-9H2,1-4H3,(H,15,16). The highest BCUT2D eigenvalue weighted by Crippen LogP contribution is 2.19. The summed E-state index contributed by atoms with van der Waals surface area (Å²) in [7, 11) is 0. The highest BCUT2D eigenvalue weighted by atomic mass is 16.5. The van der Waals surface area contributed by atoms with E-state index >= 15 is 0 Å². The van der Waals surface area contributed by atoms with Gasteiger partial charge in [0.1, 0.15) is 0 Å². The lowest BCUT2D eigenvalue weighted by Gasteiger charge is -2.34. The van der Waals surface area contributed by atoms with Gasteiger partial charge in [0, 0.05) is 24.8 Å². The first-order chi connectivity index (χ1) is 7.93. The Morgan fingerprint density at radius 1 is 1.29 bits per heavy atom. The molecule has 1 saturated heterocycles. The minimum absolute atomic E-state index is 0.0522. The Morgan fingerprint density at radius 2 is 1.88 bits per heavy atom. The number of carbonyl (C=O) groups is 1. The van der Waals surface area contributed by atoms with E-state index in [0.29, 0.717) is 12.5 Å². The van der Waals surface area contributed by atoms with Gasteiger partial charge in [0.05, 0.1) is 6.54 Å². The summed E-state index contributed by atoms with van der Waals surface area (Å²) in [6.45, 7) is 10.4. The Hall–Kier alpha value is -0.610. The average molecular weight is 242 g/mol. The number of rotatable bonds is 5. The van der Waals surface area contributed by atoms with E-state index in [1.54, 1.807) is 0 Å². The van der Waals surface area contributed by atoms with Gasteiger partial charge in [-0.05, 0) is 32.6 Å². The van der Waals surface area contributed by atoms with E-state index in [1.807, 2.05) is 6.92 Å². The fourth-order valence-electron chi connectivity index (χ4n) is 1.76. The van der Waals surface area contributed by atoms with E-state index in [2.05, 4.69) is 31.4 Å². The van der Waals surface area contributed by atoms with Crippen molar-refractivity contribution < 1.29 is 9.53 Å². The number of hydrogen-bond donors (Lipinski definition) is 2. The molecule has 0 spiro atoms. The summed E-state index contributed by atoms with van der Waals surface area (Å²) in [6, 6.07) is 0.229. The van der Waals surface area contributed by atoms with Crippen molar-refractivity contribution in [1.82, 2.24) is 10.6 Å². The van der Waals surface area contributed by atoms with Gasteiger partial charge in [0.2, 0.25) is 5.91 Å². The number of amides is 1. The van der Waals surface area contributed by atoms with Crippen molar-refractivity contribution in [2.24, 2.45) is 5.92 Å². The van der Waals surface area contributed by atoms with Gasteiger partial charge < -0.3 is 15.4 Å². The Kier molecular flexibility index (Phi) is 5.40. The summed E-state index contributed by atoms with van der Waals surface area (Å²) in [5.74, 6) is 0.552. The minimum Gasteiger partial charge on any atom is -0.381 e. The van der Waals surface area contributed by atoms with Gasteiger partial charge in [0.15, 0.2) is 0 Å². The smallest absolute Gasteiger partial charge is 0.234 e. The maximum atomic E-state index is 11.7. The van der Waals surface area contributed by atoms with Crippen molar-refractivity contribution in [3.05, 3.63) is 0 Å². The van der Waals surface area contributed by atoms with Gasteiger partial charge in [0.25, 0.3) is 0 Å². The molecule has 2 N–H and O–H groups in total. The molecule has 1 heterocycles. The van der Waals surface area contributed by atoms with Crippen LogP contribution >= 0.6 is 0 Å². The Labute approximate surface area is 104 Å². The maximum absolute atomic E-state index is 11.7. The fraction of sp³-hybridized carbons (Fsp3) is 0.923. The van der Waals surface area contributed by atoms with Crippen LogP contribution in [-0.4, -0.2) is 37.2 Å². The monoisotopic (exact) mass is 242 g/mol. The third kappa shape index (κ3) is 5.04. The summed E-state index contributed by atoms with van der Waals surface area (Å²) in [5.41, 5.74) is 0.0522. The molecular formula is C13H26N2O2. The number of hydrogen-bond acceptors (Lipinski definition) is 3. The van der Waals surface area contributed by atoms with Gasteiger partial charge in [-0.2, -0.15) is 0 Å². The second-order valence-corrected chi connectivity index (χ2v) is 5.63. The first kappa shape index (κ1) is 14.5. The summed E-state index contributed by atoms with van der Waals surface area (Å²) in [4.78, 5) is 11.7. The molecule has 0 aromatic carbocycles. The molecule has 0 saturated carbocycles. The van der Waals surface area contributed by atoms with E-state index in [0.717, 1.165) is 26.1 Å². The topological polar surface area (TPSA) is 50.4 Å². The molecule has 1 fully saturated rings. The maximum Gasteiger partial charge on any atom is 0.234 e. The first-order valence-electron chi connectivity index (χ1n) is 6.55. The molecule has 0 radical (unpaired) electrons. The van der Waals surface area contributed by atoms with Gasteiger partial charge >= 0.3 is 0 Å².